The molecular formula is C17H18F3N3O2. The largest absolute Gasteiger partial charge is 0.394 e. The summed E-state index contributed by atoms with van der Waals surface area (Å²) in [6, 6.07) is 10.1. The molecule has 1 saturated heterocycles. The number of carbonyl (C=O) groups is 1. The molecule has 1 aliphatic heterocycles. The zero-order valence-electron chi connectivity index (χ0n) is 13.8. The highest BCUT2D eigenvalue weighted by molar-refractivity contribution is 5.89. The molecule has 1 unspecified atom stereocenters. The number of nitrogens with zero attached hydrogens (tertiary/aromatic N) is 2. The van der Waals surface area contributed by atoms with Crippen molar-refractivity contribution in [2.45, 2.75) is 32.0 Å². The first-order valence-corrected chi connectivity index (χ1v) is 7.87. The van der Waals surface area contributed by atoms with Gasteiger partial charge in [-0.25, -0.2) is 4.79 Å². The van der Waals surface area contributed by atoms with Crippen LogP contribution in [0.2, 0.25) is 0 Å². The van der Waals surface area contributed by atoms with E-state index in [1.807, 2.05) is 30.3 Å². The summed E-state index contributed by atoms with van der Waals surface area (Å²) in [5.41, 5.74) is -0.539. The Balaban J connectivity index is 1.72. The first kappa shape index (κ1) is 17.3. The van der Waals surface area contributed by atoms with Gasteiger partial charge in [-0.1, -0.05) is 35.5 Å². The molecule has 2 heterocycles. The summed E-state index contributed by atoms with van der Waals surface area (Å²) in [6.45, 7) is 2.89. The Hall–Kier alpha value is -2.51. The Labute approximate surface area is 142 Å². The van der Waals surface area contributed by atoms with Crippen LogP contribution >= 0.6 is 0 Å². The van der Waals surface area contributed by atoms with Gasteiger partial charge in [0.05, 0.1) is 11.5 Å². The summed E-state index contributed by atoms with van der Waals surface area (Å²) >= 11 is 0. The van der Waals surface area contributed by atoms with Gasteiger partial charge in [-0.05, 0) is 20.3 Å². The SMILES string of the molecule is CC1(C)C(C(F)(F)F)CCN1C(=O)Nc1cc(-c2ccccc2)on1. The topological polar surface area (TPSA) is 58.4 Å². The maximum Gasteiger partial charge on any atom is 0.394 e. The van der Waals surface area contributed by atoms with Gasteiger partial charge in [0, 0.05) is 18.2 Å². The van der Waals surface area contributed by atoms with Gasteiger partial charge in [-0.15, -0.1) is 0 Å². The fraction of sp³-hybridized carbons (Fsp3) is 0.412. The van der Waals surface area contributed by atoms with E-state index in [-0.39, 0.29) is 18.8 Å². The lowest BCUT2D eigenvalue weighted by molar-refractivity contribution is -0.189. The van der Waals surface area contributed by atoms with Crippen molar-refractivity contribution in [1.82, 2.24) is 10.1 Å². The number of nitrogens with one attached hydrogen (secondary N) is 1. The van der Waals surface area contributed by atoms with Gasteiger partial charge in [-0.2, -0.15) is 13.2 Å². The second-order valence-corrected chi connectivity index (χ2v) is 6.56. The van der Waals surface area contributed by atoms with Crippen molar-refractivity contribution in [3.05, 3.63) is 36.4 Å². The molecular weight excluding hydrogens is 335 g/mol. The normalized spacial score (nSPS) is 19.9. The Bertz CT molecular complexity index is 756. The minimum Gasteiger partial charge on any atom is -0.354 e. The van der Waals surface area contributed by atoms with Crippen LogP contribution in [-0.4, -0.2) is 34.3 Å². The minimum atomic E-state index is -4.34. The molecule has 2 aromatic rings. The third-order valence-corrected chi connectivity index (χ3v) is 4.63. The zero-order chi connectivity index (χ0) is 18.2. The predicted octanol–water partition coefficient (Wildman–Crippen LogP) is 4.54. The number of likely N-dealkylation sites (tertiary alicyclic amines) is 1. The number of anilines is 1. The molecule has 0 saturated carbocycles. The molecule has 1 fully saturated rings. The van der Waals surface area contributed by atoms with E-state index >= 15 is 0 Å². The second kappa shape index (κ2) is 6.09. The van der Waals surface area contributed by atoms with Gasteiger partial charge in [-0.3, -0.25) is 5.32 Å². The van der Waals surface area contributed by atoms with Gasteiger partial charge >= 0.3 is 12.2 Å². The molecule has 0 radical (unpaired) electrons. The molecule has 25 heavy (non-hydrogen) atoms. The fourth-order valence-corrected chi connectivity index (χ4v) is 3.26. The van der Waals surface area contributed by atoms with E-state index in [0.29, 0.717) is 5.76 Å². The Kier molecular flexibility index (Phi) is 4.22. The van der Waals surface area contributed by atoms with E-state index in [1.54, 1.807) is 0 Å². The van der Waals surface area contributed by atoms with Crippen LogP contribution in [0.25, 0.3) is 11.3 Å². The molecule has 1 aliphatic rings. The number of rotatable bonds is 2. The third-order valence-electron chi connectivity index (χ3n) is 4.63. The predicted molar refractivity (Wildman–Crippen MR) is 85.9 cm³/mol. The van der Waals surface area contributed by atoms with E-state index in [9.17, 15) is 18.0 Å². The summed E-state index contributed by atoms with van der Waals surface area (Å²) in [5.74, 6) is -0.928. The van der Waals surface area contributed by atoms with Crippen LogP contribution in [0.3, 0.4) is 0 Å². The first-order valence-electron chi connectivity index (χ1n) is 7.87. The molecule has 5 nitrogen and oxygen atoms in total. The molecule has 3 rings (SSSR count). The van der Waals surface area contributed by atoms with E-state index in [1.165, 1.54) is 24.8 Å². The standard InChI is InChI=1S/C17H18F3N3O2/c1-16(2)13(17(18,19)20)8-9-23(16)15(24)21-14-10-12(25-22-14)11-6-4-3-5-7-11/h3-7,10,13H,8-9H2,1-2H3,(H,21,22,24). The lowest BCUT2D eigenvalue weighted by Crippen LogP contribution is -2.51. The van der Waals surface area contributed by atoms with Crippen molar-refractivity contribution in [1.29, 1.82) is 0 Å². The number of benzene rings is 1. The molecule has 8 heteroatoms. The van der Waals surface area contributed by atoms with Crippen LogP contribution in [0.15, 0.2) is 40.9 Å². The molecule has 1 atom stereocenters. The van der Waals surface area contributed by atoms with E-state index in [2.05, 4.69) is 10.5 Å². The molecule has 0 spiro atoms. The smallest absolute Gasteiger partial charge is 0.354 e. The third kappa shape index (κ3) is 3.33. The average molecular weight is 353 g/mol. The van der Waals surface area contributed by atoms with Gasteiger partial charge in [0.2, 0.25) is 0 Å². The van der Waals surface area contributed by atoms with Crippen LogP contribution in [0.5, 0.6) is 0 Å². The molecule has 0 aliphatic carbocycles. The summed E-state index contributed by atoms with van der Waals surface area (Å²) in [5, 5.41) is 6.28. The molecule has 1 aromatic heterocycles. The Morgan fingerprint density at radius 3 is 2.60 bits per heavy atom. The Morgan fingerprint density at radius 1 is 1.32 bits per heavy atom. The van der Waals surface area contributed by atoms with Crippen LogP contribution in [0.1, 0.15) is 20.3 Å². The van der Waals surface area contributed by atoms with Gasteiger partial charge in [0.15, 0.2) is 11.6 Å². The minimum absolute atomic E-state index is 0.0341. The molecule has 1 N–H and O–H groups in total. The maximum absolute atomic E-state index is 13.1. The summed E-state index contributed by atoms with van der Waals surface area (Å²) < 4.78 is 44.6. The van der Waals surface area contributed by atoms with Gasteiger partial charge in [0.1, 0.15) is 0 Å². The summed E-state index contributed by atoms with van der Waals surface area (Å²) in [6.07, 6.45) is -4.45. The monoisotopic (exact) mass is 353 g/mol. The maximum atomic E-state index is 13.1. The first-order chi connectivity index (χ1) is 11.7. The number of alkyl halides is 3. The fourth-order valence-electron chi connectivity index (χ4n) is 3.26. The highest BCUT2D eigenvalue weighted by Gasteiger charge is 2.56. The lowest BCUT2D eigenvalue weighted by atomic mass is 9.88. The quantitative estimate of drug-likeness (QED) is 0.862. The molecule has 0 bridgehead atoms. The molecule has 2 amide bonds. The number of halogens is 3. The van der Waals surface area contributed by atoms with E-state index in [0.717, 1.165) is 5.56 Å². The number of aromatic nitrogens is 1. The highest BCUT2D eigenvalue weighted by Crippen LogP contribution is 2.44. The average Bonchev–Trinajstić information content (AvgIpc) is 3.11. The highest BCUT2D eigenvalue weighted by atomic mass is 19.4. The van der Waals surface area contributed by atoms with Crippen molar-refractivity contribution in [3.63, 3.8) is 0 Å². The summed E-state index contributed by atoms with van der Waals surface area (Å²) in [7, 11) is 0. The van der Waals surface area contributed by atoms with E-state index in [4.69, 9.17) is 4.52 Å². The van der Waals surface area contributed by atoms with Crippen molar-refractivity contribution in [3.8, 4) is 11.3 Å². The lowest BCUT2D eigenvalue weighted by Gasteiger charge is -2.36. The van der Waals surface area contributed by atoms with Crippen molar-refractivity contribution >= 4 is 11.8 Å². The van der Waals surface area contributed by atoms with E-state index < -0.39 is 23.7 Å². The van der Waals surface area contributed by atoms with Crippen molar-refractivity contribution in [2.24, 2.45) is 5.92 Å². The number of hydrogen-bond acceptors (Lipinski definition) is 3. The zero-order valence-corrected chi connectivity index (χ0v) is 13.8. The number of carbonyl (C=O) groups excluding carboxylic acids is 1. The summed E-state index contributed by atoms with van der Waals surface area (Å²) in [4.78, 5) is 13.6. The van der Waals surface area contributed by atoms with Crippen molar-refractivity contribution in [2.75, 3.05) is 11.9 Å². The number of amides is 2. The number of hydrogen-bond donors (Lipinski definition) is 1. The second-order valence-electron chi connectivity index (χ2n) is 6.56. The van der Waals surface area contributed by atoms with Crippen LogP contribution in [0, 0.1) is 5.92 Å². The van der Waals surface area contributed by atoms with Crippen LogP contribution < -0.4 is 5.32 Å². The van der Waals surface area contributed by atoms with Crippen molar-refractivity contribution < 1.29 is 22.5 Å². The Morgan fingerprint density at radius 2 is 2.00 bits per heavy atom. The van der Waals surface area contributed by atoms with Crippen LogP contribution in [-0.2, 0) is 0 Å². The van der Waals surface area contributed by atoms with Gasteiger partial charge in [0.25, 0.3) is 0 Å². The number of urea groups is 1. The molecule has 1 aromatic carbocycles. The molecule has 134 valence electrons. The van der Waals surface area contributed by atoms with Gasteiger partial charge < -0.3 is 9.42 Å². The van der Waals surface area contributed by atoms with Crippen LogP contribution in [0.4, 0.5) is 23.8 Å².